The van der Waals surface area contributed by atoms with Crippen LogP contribution in [-0.4, -0.2) is 14.7 Å². The van der Waals surface area contributed by atoms with E-state index in [1.54, 1.807) is 30.7 Å². The molecule has 0 atom stereocenters. The van der Waals surface area contributed by atoms with E-state index in [-0.39, 0.29) is 23.5 Å². The van der Waals surface area contributed by atoms with Crippen LogP contribution in [0.25, 0.3) is 11.0 Å². The molecule has 1 aromatic heterocycles. The molecule has 0 aliphatic heterocycles. The number of aromatic nitrogens is 2. The quantitative estimate of drug-likeness (QED) is 0.779. The van der Waals surface area contributed by atoms with Crippen LogP contribution in [0.5, 0.6) is 0 Å². The molecule has 114 valence electrons. The number of aliphatic hydroxyl groups excluding tert-OH is 1. The Balaban J connectivity index is 2.15. The lowest BCUT2D eigenvalue weighted by atomic mass is 10.1. The zero-order valence-electron chi connectivity index (χ0n) is 12.2. The third-order valence-electron chi connectivity index (χ3n) is 3.60. The number of halogens is 2. The highest BCUT2D eigenvalue weighted by atomic mass is 19.1. The van der Waals surface area contributed by atoms with Crippen molar-refractivity contribution in [2.45, 2.75) is 13.5 Å². The van der Waals surface area contributed by atoms with Gasteiger partial charge in [-0.2, -0.15) is 0 Å². The van der Waals surface area contributed by atoms with Gasteiger partial charge in [0.1, 0.15) is 11.3 Å². The first-order valence-electron chi connectivity index (χ1n) is 6.77. The maximum atomic E-state index is 14.7. The highest BCUT2D eigenvalue weighted by Crippen LogP contribution is 2.31. The molecule has 0 saturated carbocycles. The SMILES string of the molecule is Cc1ccc(Nc2c(CO)cc3c(ncn3C)c2F)c(F)c1. The van der Waals surface area contributed by atoms with Gasteiger partial charge >= 0.3 is 0 Å². The van der Waals surface area contributed by atoms with Crippen LogP contribution in [0.1, 0.15) is 11.1 Å². The lowest BCUT2D eigenvalue weighted by Gasteiger charge is -2.13. The summed E-state index contributed by atoms with van der Waals surface area (Å²) < 4.78 is 30.3. The summed E-state index contributed by atoms with van der Waals surface area (Å²) in [5.41, 5.74) is 2.04. The second-order valence-electron chi connectivity index (χ2n) is 5.21. The second-order valence-corrected chi connectivity index (χ2v) is 5.21. The van der Waals surface area contributed by atoms with E-state index in [1.165, 1.54) is 18.5 Å². The third-order valence-corrected chi connectivity index (χ3v) is 3.60. The largest absolute Gasteiger partial charge is 0.392 e. The second kappa shape index (κ2) is 5.38. The number of hydrogen-bond donors (Lipinski definition) is 2. The summed E-state index contributed by atoms with van der Waals surface area (Å²) >= 11 is 0. The van der Waals surface area contributed by atoms with Crippen molar-refractivity contribution in [3.05, 3.63) is 53.4 Å². The van der Waals surface area contributed by atoms with Crippen molar-refractivity contribution in [3.8, 4) is 0 Å². The Kier molecular flexibility index (Phi) is 3.54. The van der Waals surface area contributed by atoms with E-state index in [9.17, 15) is 13.9 Å². The van der Waals surface area contributed by atoms with E-state index in [1.807, 2.05) is 0 Å². The minimum Gasteiger partial charge on any atom is -0.392 e. The molecule has 0 radical (unpaired) electrons. The van der Waals surface area contributed by atoms with Crippen LogP contribution in [0, 0.1) is 18.6 Å². The zero-order valence-corrected chi connectivity index (χ0v) is 12.2. The number of aryl methyl sites for hydroxylation is 2. The van der Waals surface area contributed by atoms with Gasteiger partial charge in [-0.3, -0.25) is 0 Å². The molecule has 0 saturated heterocycles. The molecule has 0 fully saturated rings. The van der Waals surface area contributed by atoms with Gasteiger partial charge in [-0.25, -0.2) is 13.8 Å². The molecule has 2 aromatic carbocycles. The summed E-state index contributed by atoms with van der Waals surface area (Å²) in [4.78, 5) is 4.00. The van der Waals surface area contributed by atoms with Gasteiger partial charge in [-0.05, 0) is 30.7 Å². The van der Waals surface area contributed by atoms with Crippen LogP contribution in [0.2, 0.25) is 0 Å². The lowest BCUT2D eigenvalue weighted by molar-refractivity contribution is 0.282. The van der Waals surface area contributed by atoms with E-state index < -0.39 is 11.6 Å². The van der Waals surface area contributed by atoms with Crippen LogP contribution >= 0.6 is 0 Å². The highest BCUT2D eigenvalue weighted by molar-refractivity contribution is 5.84. The number of rotatable bonds is 3. The van der Waals surface area contributed by atoms with Crippen molar-refractivity contribution in [2.24, 2.45) is 7.05 Å². The van der Waals surface area contributed by atoms with Gasteiger partial charge in [0, 0.05) is 12.6 Å². The summed E-state index contributed by atoms with van der Waals surface area (Å²) in [7, 11) is 1.74. The fourth-order valence-corrected chi connectivity index (χ4v) is 2.39. The van der Waals surface area contributed by atoms with Gasteiger partial charge in [0.25, 0.3) is 0 Å². The third kappa shape index (κ3) is 2.31. The molecule has 0 amide bonds. The Morgan fingerprint density at radius 3 is 2.73 bits per heavy atom. The lowest BCUT2D eigenvalue weighted by Crippen LogP contribution is -2.03. The summed E-state index contributed by atoms with van der Waals surface area (Å²) in [5.74, 6) is -1.09. The molecule has 3 rings (SSSR count). The Morgan fingerprint density at radius 2 is 2.05 bits per heavy atom. The predicted molar refractivity (Wildman–Crippen MR) is 81.0 cm³/mol. The van der Waals surface area contributed by atoms with Crippen molar-refractivity contribution in [1.29, 1.82) is 0 Å². The molecule has 3 aromatic rings. The maximum Gasteiger partial charge on any atom is 0.174 e. The van der Waals surface area contributed by atoms with Crippen LogP contribution in [-0.2, 0) is 13.7 Å². The summed E-state index contributed by atoms with van der Waals surface area (Å²) in [6.45, 7) is 1.40. The minimum absolute atomic E-state index is 0.0384. The average molecular weight is 303 g/mol. The van der Waals surface area contributed by atoms with Gasteiger partial charge in [0.05, 0.1) is 29.8 Å². The number of fused-ring (bicyclic) bond motifs is 1. The van der Waals surface area contributed by atoms with Crippen molar-refractivity contribution < 1.29 is 13.9 Å². The molecule has 0 aliphatic rings. The fourth-order valence-electron chi connectivity index (χ4n) is 2.39. The molecule has 0 aliphatic carbocycles. The van der Waals surface area contributed by atoms with Gasteiger partial charge in [0.2, 0.25) is 0 Å². The Morgan fingerprint density at radius 1 is 1.27 bits per heavy atom. The maximum absolute atomic E-state index is 14.7. The Hall–Kier alpha value is -2.47. The number of imidazole rings is 1. The monoisotopic (exact) mass is 303 g/mol. The number of aliphatic hydroxyl groups is 1. The highest BCUT2D eigenvalue weighted by Gasteiger charge is 2.17. The molecule has 4 nitrogen and oxygen atoms in total. The van der Waals surface area contributed by atoms with Crippen molar-refractivity contribution in [2.75, 3.05) is 5.32 Å². The molecular weight excluding hydrogens is 288 g/mol. The van der Waals surface area contributed by atoms with Gasteiger partial charge in [-0.15, -0.1) is 0 Å². The minimum atomic E-state index is -0.609. The van der Waals surface area contributed by atoms with Crippen LogP contribution in [0.3, 0.4) is 0 Å². The van der Waals surface area contributed by atoms with E-state index in [0.29, 0.717) is 11.1 Å². The number of benzene rings is 2. The van der Waals surface area contributed by atoms with E-state index in [4.69, 9.17) is 0 Å². The predicted octanol–water partition coefficient (Wildman–Crippen LogP) is 3.40. The standard InChI is InChI=1S/C16H15F2N3O/c1-9-3-4-12(11(17)5-9)20-15-10(7-22)6-13-16(14(15)18)19-8-21(13)2/h3-6,8,20,22H,7H2,1-2H3. The molecule has 22 heavy (non-hydrogen) atoms. The summed E-state index contributed by atoms with van der Waals surface area (Å²) in [6.07, 6.45) is 1.49. The summed E-state index contributed by atoms with van der Waals surface area (Å²) in [6, 6.07) is 6.26. The topological polar surface area (TPSA) is 50.1 Å². The van der Waals surface area contributed by atoms with E-state index in [0.717, 1.165) is 5.56 Å². The van der Waals surface area contributed by atoms with Crippen LogP contribution < -0.4 is 5.32 Å². The molecular formula is C16H15F2N3O. The first-order valence-corrected chi connectivity index (χ1v) is 6.77. The zero-order chi connectivity index (χ0) is 15.9. The normalized spacial score (nSPS) is 11.1. The smallest absolute Gasteiger partial charge is 0.174 e. The van der Waals surface area contributed by atoms with Crippen molar-refractivity contribution >= 4 is 22.4 Å². The number of anilines is 2. The molecule has 2 N–H and O–H groups in total. The molecule has 1 heterocycles. The van der Waals surface area contributed by atoms with E-state index >= 15 is 0 Å². The molecule has 0 spiro atoms. The first kappa shape index (κ1) is 14.5. The fraction of sp³-hybridized carbons (Fsp3) is 0.188. The van der Waals surface area contributed by atoms with Crippen molar-refractivity contribution in [3.63, 3.8) is 0 Å². The first-order chi connectivity index (χ1) is 10.5. The summed E-state index contributed by atoms with van der Waals surface area (Å²) in [5, 5.41) is 12.2. The van der Waals surface area contributed by atoms with Gasteiger partial charge in [-0.1, -0.05) is 6.07 Å². The van der Waals surface area contributed by atoms with Crippen LogP contribution in [0.15, 0.2) is 30.6 Å². The number of nitrogens with zero attached hydrogens (tertiary/aromatic N) is 2. The van der Waals surface area contributed by atoms with Gasteiger partial charge < -0.3 is 15.0 Å². The van der Waals surface area contributed by atoms with E-state index in [2.05, 4.69) is 10.3 Å². The number of hydrogen-bond acceptors (Lipinski definition) is 3. The number of nitrogens with one attached hydrogen (secondary N) is 1. The molecule has 0 bridgehead atoms. The molecule has 6 heteroatoms. The van der Waals surface area contributed by atoms with Crippen LogP contribution in [0.4, 0.5) is 20.2 Å². The average Bonchev–Trinajstić information content (AvgIpc) is 2.85. The molecule has 0 unspecified atom stereocenters. The Bertz CT molecular complexity index is 858. The van der Waals surface area contributed by atoms with Gasteiger partial charge in [0.15, 0.2) is 5.82 Å². The van der Waals surface area contributed by atoms with Crippen molar-refractivity contribution in [1.82, 2.24) is 9.55 Å². The Labute approximate surface area is 126 Å².